The second-order valence-corrected chi connectivity index (χ2v) is 6.97. The predicted octanol–water partition coefficient (Wildman–Crippen LogP) is 2.96. The van der Waals surface area contributed by atoms with Gasteiger partial charge in [0.1, 0.15) is 24.4 Å². The maximum absolute atomic E-state index is 10.0. The van der Waals surface area contributed by atoms with Gasteiger partial charge in [-0.3, -0.25) is 0 Å². The van der Waals surface area contributed by atoms with E-state index in [1.807, 2.05) is 0 Å². The van der Waals surface area contributed by atoms with Crippen LogP contribution in [0.5, 0.6) is 0 Å². The maximum atomic E-state index is 10.0. The molecule has 25 heavy (non-hydrogen) atoms. The molecule has 0 unspecified atom stereocenters. The van der Waals surface area contributed by atoms with E-state index in [0.717, 1.165) is 12.8 Å². The highest BCUT2D eigenvalue weighted by Crippen LogP contribution is 2.20. The highest BCUT2D eigenvalue weighted by Gasteiger charge is 2.40. The lowest BCUT2D eigenvalue weighted by Crippen LogP contribution is -2.41. The average Bonchev–Trinajstić information content (AvgIpc) is 2.99. The van der Waals surface area contributed by atoms with Crippen LogP contribution in [0.3, 0.4) is 0 Å². The molecule has 0 amide bonds. The number of unbranched alkanes of at least 4 members (excludes halogenated alkanes) is 8. The Hall–Kier alpha value is -0.460. The summed E-state index contributed by atoms with van der Waals surface area (Å²) in [5.74, 6) is 0. The van der Waals surface area contributed by atoms with Gasteiger partial charge < -0.3 is 24.8 Å². The molecule has 0 aliphatic carbocycles. The second-order valence-electron chi connectivity index (χ2n) is 6.97. The molecule has 0 saturated carbocycles. The predicted molar refractivity (Wildman–Crippen MR) is 99.6 cm³/mol. The summed E-state index contributed by atoms with van der Waals surface area (Å²) in [7, 11) is 0. The van der Waals surface area contributed by atoms with Crippen molar-refractivity contribution >= 4 is 0 Å². The smallest absolute Gasteiger partial charge is 0.114 e. The van der Waals surface area contributed by atoms with Gasteiger partial charge in [-0.15, -0.1) is 0 Å². The minimum atomic E-state index is -1.05. The maximum Gasteiger partial charge on any atom is 0.114 e. The van der Waals surface area contributed by atoms with Crippen LogP contribution in [-0.2, 0) is 9.47 Å². The van der Waals surface area contributed by atoms with E-state index in [1.54, 1.807) is 0 Å². The first-order chi connectivity index (χ1) is 12.2. The van der Waals surface area contributed by atoms with E-state index < -0.39 is 31.0 Å². The second kappa shape index (κ2) is 14.7. The van der Waals surface area contributed by atoms with Crippen molar-refractivity contribution in [3.63, 3.8) is 0 Å². The Labute approximate surface area is 153 Å². The van der Waals surface area contributed by atoms with E-state index in [0.29, 0.717) is 6.61 Å². The Morgan fingerprint density at radius 1 is 1.04 bits per heavy atom. The molecule has 0 aromatic heterocycles. The van der Waals surface area contributed by atoms with Gasteiger partial charge in [0.2, 0.25) is 0 Å². The van der Waals surface area contributed by atoms with Crippen LogP contribution in [0.1, 0.15) is 71.1 Å². The molecule has 4 atom stereocenters. The Morgan fingerprint density at radius 2 is 1.68 bits per heavy atom. The highest BCUT2D eigenvalue weighted by atomic mass is 16.6. The fourth-order valence-corrected chi connectivity index (χ4v) is 3.08. The molecule has 1 heterocycles. The van der Waals surface area contributed by atoms with Gasteiger partial charge in [0.05, 0.1) is 13.2 Å². The van der Waals surface area contributed by atoms with Crippen molar-refractivity contribution in [3.05, 3.63) is 12.2 Å². The van der Waals surface area contributed by atoms with Gasteiger partial charge in [-0.25, -0.2) is 0 Å². The molecule has 0 aromatic rings. The zero-order chi connectivity index (χ0) is 18.3. The number of ether oxygens (including phenoxy) is 2. The van der Waals surface area contributed by atoms with Gasteiger partial charge >= 0.3 is 0 Å². The molecular formula is C20H38O5. The fraction of sp³-hybridized carbons (Fsp3) is 0.900. The van der Waals surface area contributed by atoms with Crippen molar-refractivity contribution in [3.8, 4) is 0 Å². The third kappa shape index (κ3) is 9.71. The third-order valence-corrected chi connectivity index (χ3v) is 4.72. The molecule has 0 radical (unpaired) electrons. The summed E-state index contributed by atoms with van der Waals surface area (Å²) >= 11 is 0. The van der Waals surface area contributed by atoms with Crippen LogP contribution >= 0.6 is 0 Å². The van der Waals surface area contributed by atoms with Gasteiger partial charge in [-0.2, -0.15) is 0 Å². The van der Waals surface area contributed by atoms with Crippen molar-refractivity contribution in [2.75, 3.05) is 19.8 Å². The lowest BCUT2D eigenvalue weighted by molar-refractivity contribution is -0.0730. The Bertz CT molecular complexity index is 334. The number of aliphatic hydroxyl groups excluding tert-OH is 3. The van der Waals surface area contributed by atoms with E-state index in [2.05, 4.69) is 19.1 Å². The SMILES string of the molecule is CCCCC/C=C/CCCCCCCO[C@@H]1CO[C@@H]([C@@H](O)CO)[C@H]1O. The zero-order valence-electron chi connectivity index (χ0n) is 15.8. The number of hydrogen-bond acceptors (Lipinski definition) is 5. The average molecular weight is 359 g/mol. The van der Waals surface area contributed by atoms with Gasteiger partial charge in [0, 0.05) is 6.61 Å². The summed E-state index contributed by atoms with van der Waals surface area (Å²) in [4.78, 5) is 0. The van der Waals surface area contributed by atoms with E-state index in [1.165, 1.54) is 51.4 Å². The Kier molecular flexibility index (Phi) is 13.3. The van der Waals surface area contributed by atoms with Gasteiger partial charge in [0.15, 0.2) is 0 Å². The molecule has 1 aliphatic rings. The largest absolute Gasteiger partial charge is 0.394 e. The van der Waals surface area contributed by atoms with Crippen molar-refractivity contribution in [2.24, 2.45) is 0 Å². The fourth-order valence-electron chi connectivity index (χ4n) is 3.08. The van der Waals surface area contributed by atoms with Crippen molar-refractivity contribution in [1.29, 1.82) is 0 Å². The third-order valence-electron chi connectivity index (χ3n) is 4.72. The molecule has 0 aromatic carbocycles. The minimum absolute atomic E-state index is 0.271. The van der Waals surface area contributed by atoms with Crippen molar-refractivity contribution in [1.82, 2.24) is 0 Å². The Morgan fingerprint density at radius 3 is 2.36 bits per heavy atom. The highest BCUT2D eigenvalue weighted by molar-refractivity contribution is 4.88. The quantitative estimate of drug-likeness (QED) is 0.310. The molecule has 148 valence electrons. The summed E-state index contributed by atoms with van der Waals surface area (Å²) in [5.41, 5.74) is 0. The lowest BCUT2D eigenvalue weighted by atomic mass is 10.1. The molecule has 1 saturated heterocycles. The first-order valence-electron chi connectivity index (χ1n) is 10.1. The summed E-state index contributed by atoms with van der Waals surface area (Å²) in [6, 6.07) is 0. The van der Waals surface area contributed by atoms with E-state index >= 15 is 0 Å². The molecule has 1 aliphatic heterocycles. The van der Waals surface area contributed by atoms with Crippen LogP contribution in [0.2, 0.25) is 0 Å². The van der Waals surface area contributed by atoms with Crippen LogP contribution in [0.25, 0.3) is 0 Å². The van der Waals surface area contributed by atoms with Gasteiger partial charge in [-0.1, -0.05) is 51.2 Å². The molecule has 1 fully saturated rings. The number of aliphatic hydroxyl groups is 3. The first kappa shape index (κ1) is 22.6. The van der Waals surface area contributed by atoms with E-state index in [9.17, 15) is 10.2 Å². The summed E-state index contributed by atoms with van der Waals surface area (Å²) in [6.45, 7) is 2.69. The summed E-state index contributed by atoms with van der Waals surface area (Å²) in [6.07, 6.45) is 13.7. The molecule has 0 spiro atoms. The van der Waals surface area contributed by atoms with Gasteiger partial charge in [-0.05, 0) is 32.1 Å². The first-order valence-corrected chi connectivity index (χ1v) is 10.1. The number of hydrogen-bond donors (Lipinski definition) is 3. The number of allylic oxidation sites excluding steroid dienone is 2. The number of rotatable bonds is 15. The lowest BCUT2D eigenvalue weighted by Gasteiger charge is -2.20. The van der Waals surface area contributed by atoms with Crippen LogP contribution in [0.4, 0.5) is 0 Å². The zero-order valence-corrected chi connectivity index (χ0v) is 15.8. The molecule has 1 rings (SSSR count). The van der Waals surface area contributed by atoms with Crippen molar-refractivity contribution < 1.29 is 24.8 Å². The van der Waals surface area contributed by atoms with E-state index in [-0.39, 0.29) is 6.61 Å². The van der Waals surface area contributed by atoms with Gasteiger partial charge in [0.25, 0.3) is 0 Å². The molecule has 3 N–H and O–H groups in total. The summed E-state index contributed by atoms with van der Waals surface area (Å²) in [5, 5.41) is 28.5. The van der Waals surface area contributed by atoms with Crippen LogP contribution in [0, 0.1) is 0 Å². The standard InChI is InChI=1S/C20H38O5/c1-2-3-4-5-6-7-8-9-10-11-12-13-14-24-18-16-25-20(19(18)23)17(22)15-21/h6-7,17-23H,2-5,8-16H2,1H3/b7-6+/t17-,18+,19-,20-/m0/s1. The van der Waals surface area contributed by atoms with Crippen LogP contribution in [0.15, 0.2) is 12.2 Å². The Balaban J connectivity index is 1.91. The minimum Gasteiger partial charge on any atom is -0.394 e. The molecule has 5 heteroatoms. The summed E-state index contributed by atoms with van der Waals surface area (Å²) < 4.78 is 11.0. The normalized spacial score (nSPS) is 25.0. The van der Waals surface area contributed by atoms with Crippen LogP contribution < -0.4 is 0 Å². The monoisotopic (exact) mass is 358 g/mol. The molecular weight excluding hydrogens is 320 g/mol. The van der Waals surface area contributed by atoms with Crippen molar-refractivity contribution in [2.45, 2.75) is 95.5 Å². The topological polar surface area (TPSA) is 79.2 Å². The molecule has 5 nitrogen and oxygen atoms in total. The van der Waals surface area contributed by atoms with Crippen LogP contribution in [-0.4, -0.2) is 59.6 Å². The van der Waals surface area contributed by atoms with E-state index in [4.69, 9.17) is 14.6 Å². The molecule has 0 bridgehead atoms.